The molecular weight excluding hydrogens is 251 g/mol. The van der Waals surface area contributed by atoms with Gasteiger partial charge < -0.3 is 5.32 Å². The Morgan fingerprint density at radius 1 is 1.20 bits per heavy atom. The first-order valence-electron chi connectivity index (χ1n) is 7.80. The third kappa shape index (κ3) is 3.80. The van der Waals surface area contributed by atoms with Crippen molar-refractivity contribution in [3.8, 4) is 0 Å². The summed E-state index contributed by atoms with van der Waals surface area (Å²) in [6.45, 7) is 9.83. The zero-order valence-electron chi connectivity index (χ0n) is 12.9. The number of piperidine rings is 1. The lowest BCUT2D eigenvalue weighted by molar-refractivity contribution is 0.123. The molecule has 0 saturated carbocycles. The van der Waals surface area contributed by atoms with Crippen molar-refractivity contribution in [2.75, 3.05) is 19.6 Å². The Morgan fingerprint density at radius 3 is 2.45 bits per heavy atom. The van der Waals surface area contributed by atoms with Gasteiger partial charge in [0.1, 0.15) is 5.82 Å². The van der Waals surface area contributed by atoms with Gasteiger partial charge >= 0.3 is 0 Å². The summed E-state index contributed by atoms with van der Waals surface area (Å²) in [6, 6.07) is 7.73. The second-order valence-electron chi connectivity index (χ2n) is 6.18. The number of benzene rings is 1. The lowest BCUT2D eigenvalue weighted by Crippen LogP contribution is -2.41. The largest absolute Gasteiger partial charge is 0.317 e. The molecule has 1 aliphatic rings. The van der Waals surface area contributed by atoms with E-state index in [-0.39, 0.29) is 11.9 Å². The normalized spacial score (nSPS) is 18.7. The van der Waals surface area contributed by atoms with E-state index in [0.29, 0.717) is 6.04 Å². The Balaban J connectivity index is 2.09. The topological polar surface area (TPSA) is 15.3 Å². The van der Waals surface area contributed by atoms with Crippen LogP contribution in [0.15, 0.2) is 24.3 Å². The SMILES string of the molecule is CC(C)N(CC1CCNCC1)C(C)c1ccccc1F. The van der Waals surface area contributed by atoms with Crippen molar-refractivity contribution in [1.29, 1.82) is 0 Å². The fourth-order valence-electron chi connectivity index (χ4n) is 3.17. The second kappa shape index (κ2) is 7.19. The molecule has 0 amide bonds. The van der Waals surface area contributed by atoms with Gasteiger partial charge in [-0.2, -0.15) is 0 Å². The van der Waals surface area contributed by atoms with Crippen LogP contribution in [0, 0.1) is 11.7 Å². The van der Waals surface area contributed by atoms with E-state index in [2.05, 4.69) is 31.0 Å². The number of nitrogens with zero attached hydrogens (tertiary/aromatic N) is 1. The number of hydrogen-bond donors (Lipinski definition) is 1. The van der Waals surface area contributed by atoms with Crippen molar-refractivity contribution < 1.29 is 4.39 Å². The lowest BCUT2D eigenvalue weighted by atomic mass is 9.95. The number of hydrogen-bond acceptors (Lipinski definition) is 2. The Labute approximate surface area is 122 Å². The molecule has 0 aliphatic carbocycles. The molecule has 1 fully saturated rings. The number of nitrogens with one attached hydrogen (secondary N) is 1. The van der Waals surface area contributed by atoms with E-state index in [1.165, 1.54) is 12.8 Å². The molecule has 1 N–H and O–H groups in total. The summed E-state index contributed by atoms with van der Waals surface area (Å²) in [7, 11) is 0. The summed E-state index contributed by atoms with van der Waals surface area (Å²) >= 11 is 0. The molecule has 112 valence electrons. The van der Waals surface area contributed by atoms with E-state index < -0.39 is 0 Å². The van der Waals surface area contributed by atoms with Crippen LogP contribution in [0.4, 0.5) is 4.39 Å². The molecule has 1 unspecified atom stereocenters. The standard InChI is InChI=1S/C17H27FN2/c1-13(2)20(12-15-8-10-19-11-9-15)14(3)16-6-4-5-7-17(16)18/h4-7,13-15,19H,8-12H2,1-3H3. The second-order valence-corrected chi connectivity index (χ2v) is 6.18. The van der Waals surface area contributed by atoms with E-state index in [9.17, 15) is 4.39 Å². The molecule has 0 aromatic heterocycles. The smallest absolute Gasteiger partial charge is 0.127 e. The van der Waals surface area contributed by atoms with Gasteiger partial charge in [0.05, 0.1) is 0 Å². The average molecular weight is 278 g/mol. The van der Waals surface area contributed by atoms with Gasteiger partial charge in [-0.1, -0.05) is 18.2 Å². The molecule has 20 heavy (non-hydrogen) atoms. The zero-order chi connectivity index (χ0) is 14.5. The van der Waals surface area contributed by atoms with Crippen LogP contribution in [0.1, 0.15) is 45.2 Å². The van der Waals surface area contributed by atoms with Crippen molar-refractivity contribution >= 4 is 0 Å². The molecule has 0 spiro atoms. The minimum atomic E-state index is -0.0871. The maximum atomic E-state index is 14.0. The number of rotatable bonds is 5. The van der Waals surface area contributed by atoms with E-state index >= 15 is 0 Å². The van der Waals surface area contributed by atoms with E-state index in [1.807, 2.05) is 12.1 Å². The summed E-state index contributed by atoms with van der Waals surface area (Å²) in [6.07, 6.45) is 2.46. The van der Waals surface area contributed by atoms with Crippen LogP contribution in [-0.2, 0) is 0 Å². The highest BCUT2D eigenvalue weighted by Crippen LogP contribution is 2.27. The van der Waals surface area contributed by atoms with Crippen molar-refractivity contribution in [2.45, 2.75) is 45.7 Å². The molecule has 1 heterocycles. The van der Waals surface area contributed by atoms with Gasteiger partial charge in [0, 0.05) is 24.2 Å². The van der Waals surface area contributed by atoms with Crippen LogP contribution in [0.5, 0.6) is 0 Å². The van der Waals surface area contributed by atoms with Crippen LogP contribution in [0.25, 0.3) is 0 Å². The summed E-state index contributed by atoms with van der Waals surface area (Å²) in [5.41, 5.74) is 0.815. The molecule has 1 aromatic rings. The van der Waals surface area contributed by atoms with Crippen LogP contribution in [0.2, 0.25) is 0 Å². The molecule has 0 radical (unpaired) electrons. The fraction of sp³-hybridized carbons (Fsp3) is 0.647. The molecule has 0 bridgehead atoms. The first-order valence-corrected chi connectivity index (χ1v) is 7.80. The lowest BCUT2D eigenvalue weighted by Gasteiger charge is -2.37. The van der Waals surface area contributed by atoms with Gasteiger partial charge in [-0.05, 0) is 58.7 Å². The Hall–Kier alpha value is -0.930. The van der Waals surface area contributed by atoms with Gasteiger partial charge in [-0.3, -0.25) is 4.90 Å². The Bertz CT molecular complexity index is 413. The van der Waals surface area contributed by atoms with Crippen molar-refractivity contribution in [2.24, 2.45) is 5.92 Å². The molecule has 1 aromatic carbocycles. The van der Waals surface area contributed by atoms with Gasteiger partial charge in [-0.25, -0.2) is 4.39 Å². The molecule has 1 saturated heterocycles. The van der Waals surface area contributed by atoms with E-state index in [1.54, 1.807) is 12.1 Å². The highest BCUT2D eigenvalue weighted by Gasteiger charge is 2.25. The van der Waals surface area contributed by atoms with Crippen molar-refractivity contribution in [3.05, 3.63) is 35.6 Å². The van der Waals surface area contributed by atoms with Gasteiger partial charge in [0.2, 0.25) is 0 Å². The minimum Gasteiger partial charge on any atom is -0.317 e. The van der Waals surface area contributed by atoms with Crippen LogP contribution >= 0.6 is 0 Å². The third-order valence-corrected chi connectivity index (χ3v) is 4.44. The zero-order valence-corrected chi connectivity index (χ0v) is 12.9. The molecular formula is C17H27FN2. The van der Waals surface area contributed by atoms with Crippen LogP contribution in [0.3, 0.4) is 0 Å². The van der Waals surface area contributed by atoms with Gasteiger partial charge in [0.25, 0.3) is 0 Å². The van der Waals surface area contributed by atoms with E-state index in [4.69, 9.17) is 0 Å². The van der Waals surface area contributed by atoms with Gasteiger partial charge in [-0.15, -0.1) is 0 Å². The Kier molecular flexibility index (Phi) is 5.55. The minimum absolute atomic E-state index is 0.0871. The highest BCUT2D eigenvalue weighted by atomic mass is 19.1. The third-order valence-electron chi connectivity index (χ3n) is 4.44. The average Bonchev–Trinajstić information content (AvgIpc) is 2.45. The summed E-state index contributed by atoms with van der Waals surface area (Å²) < 4.78 is 14.0. The molecule has 2 nitrogen and oxygen atoms in total. The predicted octanol–water partition coefficient (Wildman–Crippen LogP) is 3.60. The molecule has 1 atom stereocenters. The summed E-state index contributed by atoms with van der Waals surface area (Å²) in [4.78, 5) is 2.44. The Morgan fingerprint density at radius 2 is 1.85 bits per heavy atom. The van der Waals surface area contributed by atoms with Crippen LogP contribution in [-0.4, -0.2) is 30.6 Å². The first kappa shape index (κ1) is 15.5. The van der Waals surface area contributed by atoms with Gasteiger partial charge in [0.15, 0.2) is 0 Å². The first-order chi connectivity index (χ1) is 9.59. The van der Waals surface area contributed by atoms with Crippen molar-refractivity contribution in [3.63, 3.8) is 0 Å². The highest BCUT2D eigenvalue weighted by molar-refractivity contribution is 5.20. The maximum absolute atomic E-state index is 14.0. The quantitative estimate of drug-likeness (QED) is 0.885. The van der Waals surface area contributed by atoms with Crippen molar-refractivity contribution in [1.82, 2.24) is 10.2 Å². The maximum Gasteiger partial charge on any atom is 0.127 e. The molecule has 2 rings (SSSR count). The fourth-order valence-corrected chi connectivity index (χ4v) is 3.17. The number of halogens is 1. The predicted molar refractivity (Wildman–Crippen MR) is 82.3 cm³/mol. The summed E-state index contributed by atoms with van der Waals surface area (Å²) in [5.74, 6) is 0.642. The molecule has 1 aliphatic heterocycles. The van der Waals surface area contributed by atoms with E-state index in [0.717, 1.165) is 31.1 Å². The van der Waals surface area contributed by atoms with Crippen LogP contribution < -0.4 is 5.32 Å². The molecule has 3 heteroatoms. The monoisotopic (exact) mass is 278 g/mol. The summed E-state index contributed by atoms with van der Waals surface area (Å²) in [5, 5.41) is 3.41.